The zero-order chi connectivity index (χ0) is 35.3. The van der Waals surface area contributed by atoms with E-state index < -0.39 is 0 Å². The predicted octanol–water partition coefficient (Wildman–Crippen LogP) is 7.16. The minimum absolute atomic E-state index is 0.106. The van der Waals surface area contributed by atoms with Crippen molar-refractivity contribution in [1.29, 1.82) is 0 Å². The molecule has 0 saturated heterocycles. The quantitative estimate of drug-likeness (QED) is 0.0874. The molecule has 2 aromatic rings. The number of ether oxygens (including phenoxy) is 4. The second kappa shape index (κ2) is 22.9. The average molecular weight is 701 g/mol. The predicted molar refractivity (Wildman–Crippen MR) is 192 cm³/mol. The van der Waals surface area contributed by atoms with Crippen molar-refractivity contribution in [1.82, 2.24) is 9.80 Å². The highest BCUT2D eigenvalue weighted by molar-refractivity contribution is 8.17. The number of methoxy groups -OCH3 is 2. The van der Waals surface area contributed by atoms with Gasteiger partial charge in [-0.1, -0.05) is 12.8 Å². The Kier molecular flexibility index (Phi) is 19.4. The normalized spacial score (nSPS) is 12.0. The summed E-state index contributed by atoms with van der Waals surface area (Å²) in [7, 11) is 6.48. The molecule has 0 unspecified atom stereocenters. The van der Waals surface area contributed by atoms with Gasteiger partial charge in [0.05, 0.1) is 27.4 Å². The van der Waals surface area contributed by atoms with Crippen molar-refractivity contribution in [3.63, 3.8) is 0 Å². The molecular formula is C36H48N2O8S2. The number of nitrogens with zero attached hydrogens (tertiary/aromatic N) is 2. The van der Waals surface area contributed by atoms with E-state index in [9.17, 15) is 19.2 Å². The number of hydrogen-bond donors (Lipinski definition) is 0. The summed E-state index contributed by atoms with van der Waals surface area (Å²) in [5, 5.41) is -0.213. The minimum Gasteiger partial charge on any atom is -0.497 e. The van der Waals surface area contributed by atoms with Gasteiger partial charge in [-0.25, -0.2) is 0 Å². The molecule has 12 heteroatoms. The number of benzene rings is 2. The summed E-state index contributed by atoms with van der Waals surface area (Å²) >= 11 is 2.23. The number of rotatable bonds is 23. The Morgan fingerprint density at radius 2 is 0.958 bits per heavy atom. The summed E-state index contributed by atoms with van der Waals surface area (Å²) in [4.78, 5) is 53.0. The molecule has 0 radical (unpaired) electrons. The van der Waals surface area contributed by atoms with E-state index in [1.54, 1.807) is 76.8 Å². The Hall–Kier alpha value is -3.58. The molecule has 0 aliphatic carbocycles. The first kappa shape index (κ1) is 40.6. The van der Waals surface area contributed by atoms with Crippen LogP contribution >= 0.6 is 23.5 Å². The molecule has 0 atom stereocenters. The summed E-state index contributed by atoms with van der Waals surface area (Å²) in [5.41, 5.74) is 2.55. The highest BCUT2D eigenvalue weighted by Crippen LogP contribution is 2.30. The van der Waals surface area contributed by atoms with E-state index in [1.165, 1.54) is 9.80 Å². The van der Waals surface area contributed by atoms with Gasteiger partial charge in [0.25, 0.3) is 0 Å². The fourth-order valence-corrected chi connectivity index (χ4v) is 6.16. The molecule has 0 fully saturated rings. The summed E-state index contributed by atoms with van der Waals surface area (Å²) in [6, 6.07) is 13.9. The fraction of sp³-hybridized carbons (Fsp3) is 0.444. The number of allylic oxidation sites excluding steroid dienone is 2. The molecule has 0 aliphatic heterocycles. The van der Waals surface area contributed by atoms with Gasteiger partial charge in [0, 0.05) is 72.5 Å². The van der Waals surface area contributed by atoms with Crippen LogP contribution in [0.3, 0.4) is 0 Å². The first-order valence-corrected chi connectivity index (χ1v) is 17.4. The molecule has 2 aromatic carbocycles. The SMILES string of the molecule is COc1ccc(C(=O)S/C(CCOCCCCCCOCC/C(SC(=O)c2ccc(OC)cc2)=C(/C)N(C)C=O)=C(\C)N(C)C=O)cc1. The van der Waals surface area contributed by atoms with Crippen molar-refractivity contribution in [2.24, 2.45) is 0 Å². The topological polar surface area (TPSA) is 112 Å². The van der Waals surface area contributed by atoms with Gasteiger partial charge in [0.1, 0.15) is 11.5 Å². The maximum Gasteiger partial charge on any atom is 0.223 e. The number of amides is 2. The second-order valence-corrected chi connectivity index (χ2v) is 13.0. The molecular weight excluding hydrogens is 653 g/mol. The van der Waals surface area contributed by atoms with Crippen molar-refractivity contribution in [3.8, 4) is 11.5 Å². The second-order valence-electron chi connectivity index (χ2n) is 10.8. The molecule has 0 bridgehead atoms. The Balaban J connectivity index is 1.70. The van der Waals surface area contributed by atoms with Gasteiger partial charge in [0.15, 0.2) is 0 Å². The van der Waals surface area contributed by atoms with Crippen molar-refractivity contribution < 1.29 is 38.1 Å². The third-order valence-electron chi connectivity index (χ3n) is 7.54. The van der Waals surface area contributed by atoms with Crippen LogP contribution in [0.5, 0.6) is 11.5 Å². The Bertz CT molecular complexity index is 1270. The number of unbranched alkanes of at least 4 members (excludes halogenated alkanes) is 3. The molecule has 262 valence electrons. The average Bonchev–Trinajstić information content (AvgIpc) is 3.12. The molecule has 48 heavy (non-hydrogen) atoms. The number of carbonyl (C=O) groups is 4. The van der Waals surface area contributed by atoms with E-state index in [2.05, 4.69) is 0 Å². The van der Waals surface area contributed by atoms with Crippen LogP contribution in [0.2, 0.25) is 0 Å². The lowest BCUT2D eigenvalue weighted by Gasteiger charge is -2.17. The molecule has 2 rings (SSSR count). The van der Waals surface area contributed by atoms with Crippen LogP contribution in [0.1, 0.15) is 73.1 Å². The standard InChI is InChI=1S/C36H48N2O8S2/c1-27(37(3)25-39)33(47-35(41)29-11-15-31(43-5)16-12-29)19-23-45-21-9-7-8-10-22-46-24-20-34(28(2)38(4)26-40)48-36(42)30-13-17-32(44-6)18-14-30/h11-18,25-26H,7-10,19-24H2,1-6H3/b33-27+,34-28+. The first-order chi connectivity index (χ1) is 23.1. The van der Waals surface area contributed by atoms with Crippen molar-refractivity contribution in [2.75, 3.05) is 54.7 Å². The Morgan fingerprint density at radius 3 is 1.27 bits per heavy atom. The summed E-state index contributed by atoms with van der Waals surface area (Å²) in [6.07, 6.45) is 6.28. The molecule has 0 N–H and O–H groups in total. The van der Waals surface area contributed by atoms with Crippen LogP contribution < -0.4 is 9.47 Å². The van der Waals surface area contributed by atoms with E-state index in [1.807, 2.05) is 13.8 Å². The van der Waals surface area contributed by atoms with Gasteiger partial charge < -0.3 is 28.7 Å². The molecule has 0 heterocycles. The highest BCUT2D eigenvalue weighted by Gasteiger charge is 2.16. The molecule has 0 aliphatic rings. The van der Waals surface area contributed by atoms with E-state index in [0.717, 1.165) is 83.2 Å². The van der Waals surface area contributed by atoms with Crippen molar-refractivity contribution in [3.05, 3.63) is 80.9 Å². The molecule has 0 aromatic heterocycles. The highest BCUT2D eigenvalue weighted by atomic mass is 32.2. The van der Waals surface area contributed by atoms with Gasteiger partial charge in [-0.2, -0.15) is 0 Å². The van der Waals surface area contributed by atoms with E-state index in [4.69, 9.17) is 18.9 Å². The van der Waals surface area contributed by atoms with Crippen LogP contribution in [0.4, 0.5) is 0 Å². The lowest BCUT2D eigenvalue weighted by Crippen LogP contribution is -2.15. The summed E-state index contributed by atoms with van der Waals surface area (Å²) in [5.74, 6) is 1.36. The van der Waals surface area contributed by atoms with Gasteiger partial charge in [-0.3, -0.25) is 19.2 Å². The van der Waals surface area contributed by atoms with E-state index >= 15 is 0 Å². The van der Waals surface area contributed by atoms with Crippen LogP contribution in [-0.2, 0) is 19.1 Å². The van der Waals surface area contributed by atoms with Gasteiger partial charge in [-0.05, 0) is 98.7 Å². The first-order valence-electron chi connectivity index (χ1n) is 15.8. The van der Waals surface area contributed by atoms with E-state index in [-0.39, 0.29) is 10.2 Å². The number of thioether (sulfide) groups is 2. The summed E-state index contributed by atoms with van der Waals surface area (Å²) in [6.45, 7) is 5.74. The van der Waals surface area contributed by atoms with Gasteiger partial charge in [0.2, 0.25) is 23.1 Å². The molecule has 10 nitrogen and oxygen atoms in total. The van der Waals surface area contributed by atoms with Crippen LogP contribution in [0.15, 0.2) is 69.7 Å². The largest absolute Gasteiger partial charge is 0.497 e. The Morgan fingerprint density at radius 1 is 0.604 bits per heavy atom. The van der Waals surface area contributed by atoms with E-state index in [0.29, 0.717) is 61.9 Å². The summed E-state index contributed by atoms with van der Waals surface area (Å²) < 4.78 is 22.1. The van der Waals surface area contributed by atoms with Crippen LogP contribution in [0, 0.1) is 0 Å². The van der Waals surface area contributed by atoms with Crippen LogP contribution in [-0.4, -0.2) is 87.6 Å². The third-order valence-corrected chi connectivity index (χ3v) is 9.87. The minimum atomic E-state index is -0.106. The number of hydrogen-bond acceptors (Lipinski definition) is 10. The molecule has 2 amide bonds. The van der Waals surface area contributed by atoms with Gasteiger partial charge >= 0.3 is 0 Å². The molecule has 0 saturated carbocycles. The van der Waals surface area contributed by atoms with Crippen molar-refractivity contribution in [2.45, 2.75) is 52.4 Å². The number of carbonyl (C=O) groups excluding carboxylic acids is 4. The monoisotopic (exact) mass is 700 g/mol. The van der Waals surface area contributed by atoms with Gasteiger partial charge in [-0.15, -0.1) is 0 Å². The smallest absolute Gasteiger partial charge is 0.223 e. The zero-order valence-electron chi connectivity index (χ0n) is 28.8. The lowest BCUT2D eigenvalue weighted by molar-refractivity contribution is -0.116. The van der Waals surface area contributed by atoms with Crippen LogP contribution in [0.25, 0.3) is 0 Å². The fourth-order valence-electron chi connectivity index (χ4n) is 4.25. The third kappa shape index (κ3) is 14.3. The Labute approximate surface area is 293 Å². The maximum absolute atomic E-state index is 12.9. The zero-order valence-corrected chi connectivity index (χ0v) is 30.5. The van der Waals surface area contributed by atoms with Crippen molar-refractivity contribution >= 4 is 46.6 Å². The maximum atomic E-state index is 12.9. The lowest BCUT2D eigenvalue weighted by atomic mass is 10.2. The molecule has 0 spiro atoms.